The van der Waals surface area contributed by atoms with Crippen molar-refractivity contribution >= 4 is 22.9 Å². The molecule has 1 saturated heterocycles. The van der Waals surface area contributed by atoms with Crippen LogP contribution < -0.4 is 4.90 Å². The Hall–Kier alpha value is -3.10. The third kappa shape index (κ3) is 3.28. The number of aromatic nitrogens is 5. The molecule has 0 saturated carbocycles. The largest absolute Gasteiger partial charge is 0.351 e. The van der Waals surface area contributed by atoms with Crippen LogP contribution in [-0.4, -0.2) is 61.9 Å². The van der Waals surface area contributed by atoms with Crippen LogP contribution in [0.4, 0.5) is 10.2 Å². The molecule has 0 bridgehead atoms. The summed E-state index contributed by atoms with van der Waals surface area (Å²) in [6, 6.07) is 6.00. The average Bonchev–Trinajstić information content (AvgIpc) is 3.12. The first-order valence-corrected chi connectivity index (χ1v) is 9.21. The number of benzene rings is 1. The molecule has 0 spiro atoms. The maximum Gasteiger partial charge on any atom is 0.228 e. The van der Waals surface area contributed by atoms with Crippen molar-refractivity contribution in [1.82, 2.24) is 29.9 Å². The molecule has 0 unspecified atom stereocenters. The van der Waals surface area contributed by atoms with Gasteiger partial charge < -0.3 is 9.80 Å². The fourth-order valence-electron chi connectivity index (χ4n) is 3.32. The molecule has 146 valence electrons. The number of hydrogen-bond acceptors (Lipinski definition) is 6. The fraction of sp³-hybridized carbons (Fsp3) is 0.421. The van der Waals surface area contributed by atoms with E-state index in [1.54, 1.807) is 16.8 Å². The van der Waals surface area contributed by atoms with Crippen LogP contribution >= 0.6 is 0 Å². The Labute approximate surface area is 162 Å². The van der Waals surface area contributed by atoms with E-state index in [0.717, 1.165) is 0 Å². The molecule has 1 amide bonds. The van der Waals surface area contributed by atoms with E-state index in [2.05, 4.69) is 25.2 Å². The zero-order chi connectivity index (χ0) is 19.9. The smallest absolute Gasteiger partial charge is 0.228 e. The number of rotatable bonds is 2. The lowest BCUT2D eigenvalue weighted by atomic mass is 9.94. The average molecular weight is 383 g/mol. The first kappa shape index (κ1) is 18.3. The SMILES string of the molecule is CC(C)(C)C(=O)N1CCN(c2ncnc3c2nnn3-c2ccc(F)cc2)CC1. The van der Waals surface area contributed by atoms with E-state index in [9.17, 15) is 9.18 Å². The minimum atomic E-state index is -0.387. The molecule has 1 aliphatic heterocycles. The standard InChI is InChI=1S/C19H22FN7O/c1-19(2,3)18(28)26-10-8-25(9-11-26)16-15-17(22-12-21-16)27(24-23-15)14-6-4-13(20)5-7-14/h4-7,12H,8-11H2,1-3H3. The van der Waals surface area contributed by atoms with Gasteiger partial charge in [-0.1, -0.05) is 26.0 Å². The summed E-state index contributed by atoms with van der Waals surface area (Å²) in [5.74, 6) is 0.537. The van der Waals surface area contributed by atoms with Gasteiger partial charge in [-0.3, -0.25) is 4.79 Å². The summed E-state index contributed by atoms with van der Waals surface area (Å²) in [5, 5.41) is 8.43. The predicted octanol–water partition coefficient (Wildman–Crippen LogP) is 2.04. The van der Waals surface area contributed by atoms with Crippen LogP contribution in [0.5, 0.6) is 0 Å². The number of carbonyl (C=O) groups excluding carboxylic acids is 1. The molecule has 3 aromatic rings. The third-order valence-corrected chi connectivity index (χ3v) is 4.80. The van der Waals surface area contributed by atoms with Crippen molar-refractivity contribution in [3.8, 4) is 5.69 Å². The van der Waals surface area contributed by atoms with Crippen molar-refractivity contribution in [2.45, 2.75) is 20.8 Å². The van der Waals surface area contributed by atoms with Crippen molar-refractivity contribution in [1.29, 1.82) is 0 Å². The van der Waals surface area contributed by atoms with Gasteiger partial charge in [0.2, 0.25) is 5.91 Å². The summed E-state index contributed by atoms with van der Waals surface area (Å²) >= 11 is 0. The molecule has 28 heavy (non-hydrogen) atoms. The lowest BCUT2D eigenvalue weighted by molar-refractivity contribution is -0.139. The molecule has 1 fully saturated rings. The van der Waals surface area contributed by atoms with Crippen LogP contribution in [-0.2, 0) is 4.79 Å². The van der Waals surface area contributed by atoms with Gasteiger partial charge in [-0.15, -0.1) is 5.10 Å². The van der Waals surface area contributed by atoms with Gasteiger partial charge in [-0.25, -0.2) is 14.4 Å². The highest BCUT2D eigenvalue weighted by molar-refractivity contribution is 5.84. The van der Waals surface area contributed by atoms with E-state index in [1.807, 2.05) is 25.7 Å². The third-order valence-electron chi connectivity index (χ3n) is 4.80. The van der Waals surface area contributed by atoms with Gasteiger partial charge in [0, 0.05) is 31.6 Å². The quantitative estimate of drug-likeness (QED) is 0.674. The Morgan fingerprint density at radius 1 is 1.04 bits per heavy atom. The summed E-state index contributed by atoms with van der Waals surface area (Å²) in [6.45, 7) is 8.40. The topological polar surface area (TPSA) is 80.0 Å². The van der Waals surface area contributed by atoms with Crippen molar-refractivity contribution in [2.75, 3.05) is 31.1 Å². The summed E-state index contributed by atoms with van der Waals surface area (Å²) in [6.07, 6.45) is 1.48. The molecule has 9 heteroatoms. The number of piperazine rings is 1. The minimum absolute atomic E-state index is 0.155. The van der Waals surface area contributed by atoms with Crippen LogP contribution in [0.3, 0.4) is 0 Å². The maximum absolute atomic E-state index is 13.2. The first-order chi connectivity index (χ1) is 13.3. The van der Waals surface area contributed by atoms with Gasteiger partial charge in [-0.05, 0) is 24.3 Å². The van der Waals surface area contributed by atoms with Crippen LogP contribution in [0.1, 0.15) is 20.8 Å². The second-order valence-electron chi connectivity index (χ2n) is 7.88. The molecular weight excluding hydrogens is 361 g/mol. The highest BCUT2D eigenvalue weighted by Gasteiger charge is 2.30. The van der Waals surface area contributed by atoms with Gasteiger partial charge in [-0.2, -0.15) is 4.68 Å². The van der Waals surface area contributed by atoms with Gasteiger partial charge in [0.25, 0.3) is 0 Å². The van der Waals surface area contributed by atoms with E-state index >= 15 is 0 Å². The second kappa shape index (κ2) is 6.81. The highest BCUT2D eigenvalue weighted by Crippen LogP contribution is 2.25. The number of nitrogens with zero attached hydrogens (tertiary/aromatic N) is 7. The zero-order valence-electron chi connectivity index (χ0n) is 16.1. The first-order valence-electron chi connectivity index (χ1n) is 9.21. The zero-order valence-corrected chi connectivity index (χ0v) is 16.1. The van der Waals surface area contributed by atoms with Gasteiger partial charge in [0.1, 0.15) is 12.1 Å². The van der Waals surface area contributed by atoms with Gasteiger partial charge >= 0.3 is 0 Å². The molecule has 8 nitrogen and oxygen atoms in total. The maximum atomic E-state index is 13.2. The molecule has 0 N–H and O–H groups in total. The van der Waals surface area contributed by atoms with E-state index in [4.69, 9.17) is 0 Å². The Morgan fingerprint density at radius 2 is 1.71 bits per heavy atom. The highest BCUT2D eigenvalue weighted by atomic mass is 19.1. The lowest BCUT2D eigenvalue weighted by Crippen LogP contribution is -2.51. The molecule has 4 rings (SSSR count). The number of fused-ring (bicyclic) bond motifs is 1. The Bertz CT molecular complexity index is 1000. The second-order valence-corrected chi connectivity index (χ2v) is 7.88. The predicted molar refractivity (Wildman–Crippen MR) is 103 cm³/mol. The molecule has 2 aromatic heterocycles. The Morgan fingerprint density at radius 3 is 2.36 bits per heavy atom. The van der Waals surface area contributed by atoms with Crippen molar-refractivity contribution in [3.05, 3.63) is 36.4 Å². The van der Waals surface area contributed by atoms with Crippen molar-refractivity contribution in [2.24, 2.45) is 5.41 Å². The summed E-state index contributed by atoms with van der Waals surface area (Å²) in [4.78, 5) is 25.2. The normalized spacial score (nSPS) is 15.3. The molecular formula is C19H22FN7O. The fourth-order valence-corrected chi connectivity index (χ4v) is 3.32. The van der Waals surface area contributed by atoms with Crippen LogP contribution in [0, 0.1) is 11.2 Å². The molecule has 0 aliphatic carbocycles. The van der Waals surface area contributed by atoms with Crippen molar-refractivity contribution < 1.29 is 9.18 Å². The minimum Gasteiger partial charge on any atom is -0.351 e. The van der Waals surface area contributed by atoms with Crippen molar-refractivity contribution in [3.63, 3.8) is 0 Å². The van der Waals surface area contributed by atoms with E-state index < -0.39 is 0 Å². The van der Waals surface area contributed by atoms with E-state index in [-0.39, 0.29) is 17.1 Å². The number of anilines is 1. The molecule has 1 aliphatic rings. The van der Waals surface area contributed by atoms with E-state index in [1.165, 1.54) is 18.5 Å². The van der Waals surface area contributed by atoms with Crippen LogP contribution in [0.15, 0.2) is 30.6 Å². The molecule has 0 atom stereocenters. The summed E-state index contributed by atoms with van der Waals surface area (Å²) < 4.78 is 14.8. The summed E-state index contributed by atoms with van der Waals surface area (Å²) in [5.41, 5.74) is 1.43. The van der Waals surface area contributed by atoms with Gasteiger partial charge in [0.15, 0.2) is 17.0 Å². The van der Waals surface area contributed by atoms with E-state index in [0.29, 0.717) is 48.8 Å². The number of hydrogen-bond donors (Lipinski definition) is 0. The number of halogens is 1. The van der Waals surface area contributed by atoms with Crippen LogP contribution in [0.2, 0.25) is 0 Å². The Kier molecular flexibility index (Phi) is 4.44. The molecule has 1 aromatic carbocycles. The lowest BCUT2D eigenvalue weighted by Gasteiger charge is -2.38. The Balaban J connectivity index is 1.59. The molecule has 3 heterocycles. The summed E-state index contributed by atoms with van der Waals surface area (Å²) in [7, 11) is 0. The number of carbonyl (C=O) groups is 1. The van der Waals surface area contributed by atoms with Crippen LogP contribution in [0.25, 0.3) is 16.9 Å². The molecule has 0 radical (unpaired) electrons. The van der Waals surface area contributed by atoms with Gasteiger partial charge in [0.05, 0.1) is 5.69 Å². The number of amides is 1. The monoisotopic (exact) mass is 383 g/mol.